The lowest BCUT2D eigenvalue weighted by Gasteiger charge is -2.19. The van der Waals surface area contributed by atoms with Gasteiger partial charge in [0.05, 0.1) is 12.2 Å². The largest absolute Gasteiger partial charge is 0.444 e. The standard InChI is InChI=1S/C20H29N5O3.HI/c1-20(2,3)28-19(26)23-12-8-11-22-18(21-4)24-13-16-14-27-17(25-16)15-9-6-5-7-10-15;/h5-7,9-10,14H,8,11-13H2,1-4H3,(H,23,26)(H2,21,22,24);1H. The monoisotopic (exact) mass is 515 g/mol. The first kappa shape index (κ1) is 24.7. The first-order valence-corrected chi connectivity index (χ1v) is 9.28. The molecular formula is C20H30IN5O3. The van der Waals surface area contributed by atoms with E-state index in [-0.39, 0.29) is 24.0 Å². The van der Waals surface area contributed by atoms with E-state index < -0.39 is 11.7 Å². The number of nitrogens with zero attached hydrogens (tertiary/aromatic N) is 2. The van der Waals surface area contributed by atoms with Gasteiger partial charge in [-0.05, 0) is 39.3 Å². The summed E-state index contributed by atoms with van der Waals surface area (Å²) in [6.07, 6.45) is 1.96. The highest BCUT2D eigenvalue weighted by Gasteiger charge is 2.15. The third-order valence-corrected chi connectivity index (χ3v) is 3.55. The van der Waals surface area contributed by atoms with Gasteiger partial charge in [0, 0.05) is 25.7 Å². The summed E-state index contributed by atoms with van der Waals surface area (Å²) in [7, 11) is 1.70. The number of benzene rings is 1. The van der Waals surface area contributed by atoms with E-state index in [0.29, 0.717) is 31.5 Å². The molecule has 0 saturated heterocycles. The summed E-state index contributed by atoms with van der Waals surface area (Å²) in [6, 6.07) is 9.75. The second-order valence-electron chi connectivity index (χ2n) is 7.14. The van der Waals surface area contributed by atoms with E-state index in [1.807, 2.05) is 51.1 Å². The molecule has 0 aliphatic heterocycles. The van der Waals surface area contributed by atoms with E-state index in [1.165, 1.54) is 0 Å². The van der Waals surface area contributed by atoms with Crippen LogP contribution in [0.3, 0.4) is 0 Å². The lowest BCUT2D eigenvalue weighted by Crippen LogP contribution is -2.39. The Balaban J connectivity index is 0.00000420. The van der Waals surface area contributed by atoms with Crippen molar-refractivity contribution >= 4 is 36.0 Å². The zero-order valence-electron chi connectivity index (χ0n) is 17.3. The highest BCUT2D eigenvalue weighted by molar-refractivity contribution is 14.0. The van der Waals surface area contributed by atoms with E-state index in [4.69, 9.17) is 9.15 Å². The molecule has 0 aliphatic carbocycles. The van der Waals surface area contributed by atoms with Crippen molar-refractivity contribution in [2.24, 2.45) is 4.99 Å². The summed E-state index contributed by atoms with van der Waals surface area (Å²) < 4.78 is 10.7. The molecule has 2 aromatic rings. The molecule has 8 nitrogen and oxygen atoms in total. The number of guanidine groups is 1. The average molecular weight is 515 g/mol. The van der Waals surface area contributed by atoms with Crippen LogP contribution in [-0.2, 0) is 11.3 Å². The van der Waals surface area contributed by atoms with Crippen molar-refractivity contribution in [2.45, 2.75) is 39.3 Å². The number of amides is 1. The fourth-order valence-electron chi connectivity index (χ4n) is 2.30. The van der Waals surface area contributed by atoms with Crippen molar-refractivity contribution in [1.29, 1.82) is 0 Å². The van der Waals surface area contributed by atoms with Crippen LogP contribution in [-0.4, -0.2) is 42.8 Å². The maximum atomic E-state index is 11.6. The first-order valence-electron chi connectivity index (χ1n) is 9.28. The number of carbonyl (C=O) groups is 1. The Bertz CT molecular complexity index is 772. The molecule has 1 aromatic heterocycles. The van der Waals surface area contributed by atoms with Gasteiger partial charge in [0.15, 0.2) is 5.96 Å². The van der Waals surface area contributed by atoms with Crippen molar-refractivity contribution in [3.8, 4) is 11.5 Å². The topological polar surface area (TPSA) is 101 Å². The zero-order chi connectivity index (χ0) is 20.4. The molecule has 1 aromatic carbocycles. The Morgan fingerprint density at radius 3 is 2.48 bits per heavy atom. The molecule has 3 N–H and O–H groups in total. The summed E-state index contributed by atoms with van der Waals surface area (Å²) >= 11 is 0. The van der Waals surface area contributed by atoms with Crippen molar-refractivity contribution in [3.63, 3.8) is 0 Å². The minimum absolute atomic E-state index is 0. The Morgan fingerprint density at radius 1 is 1.14 bits per heavy atom. The molecule has 1 heterocycles. The Morgan fingerprint density at radius 2 is 1.83 bits per heavy atom. The number of oxazole rings is 1. The van der Waals surface area contributed by atoms with Crippen LogP contribution >= 0.6 is 24.0 Å². The first-order chi connectivity index (χ1) is 13.4. The van der Waals surface area contributed by atoms with Crippen LogP contribution in [0, 0.1) is 0 Å². The van der Waals surface area contributed by atoms with Gasteiger partial charge in [-0.1, -0.05) is 18.2 Å². The van der Waals surface area contributed by atoms with Crippen molar-refractivity contribution in [2.75, 3.05) is 20.1 Å². The van der Waals surface area contributed by atoms with Gasteiger partial charge in [-0.2, -0.15) is 0 Å². The van der Waals surface area contributed by atoms with Gasteiger partial charge < -0.3 is 25.1 Å². The summed E-state index contributed by atoms with van der Waals surface area (Å²) in [5.41, 5.74) is 1.23. The molecular weight excluding hydrogens is 485 g/mol. The predicted molar refractivity (Wildman–Crippen MR) is 124 cm³/mol. The Kier molecular flexibility index (Phi) is 10.5. The van der Waals surface area contributed by atoms with Crippen LogP contribution in [0.15, 0.2) is 46.0 Å². The van der Waals surface area contributed by atoms with E-state index in [2.05, 4.69) is 25.9 Å². The van der Waals surface area contributed by atoms with Gasteiger partial charge in [-0.25, -0.2) is 9.78 Å². The number of carbonyl (C=O) groups excluding carboxylic acids is 1. The van der Waals surface area contributed by atoms with E-state index >= 15 is 0 Å². The fraction of sp³-hybridized carbons (Fsp3) is 0.450. The maximum Gasteiger partial charge on any atom is 0.407 e. The second kappa shape index (κ2) is 12.3. The van der Waals surface area contributed by atoms with Crippen molar-refractivity contribution in [3.05, 3.63) is 42.3 Å². The number of hydrogen-bond acceptors (Lipinski definition) is 5. The number of nitrogens with one attached hydrogen (secondary N) is 3. The predicted octanol–water partition coefficient (Wildman–Crippen LogP) is 3.54. The van der Waals surface area contributed by atoms with E-state index in [0.717, 1.165) is 17.7 Å². The lowest BCUT2D eigenvalue weighted by atomic mass is 10.2. The summed E-state index contributed by atoms with van der Waals surface area (Å²) in [4.78, 5) is 20.2. The maximum absolute atomic E-state index is 11.6. The number of hydrogen-bond donors (Lipinski definition) is 3. The van der Waals surface area contributed by atoms with Gasteiger partial charge in [0.1, 0.15) is 11.9 Å². The molecule has 0 saturated carbocycles. The molecule has 9 heteroatoms. The zero-order valence-corrected chi connectivity index (χ0v) is 19.7. The fourth-order valence-corrected chi connectivity index (χ4v) is 2.30. The summed E-state index contributed by atoms with van der Waals surface area (Å²) in [5.74, 6) is 1.25. The molecule has 160 valence electrons. The summed E-state index contributed by atoms with van der Waals surface area (Å²) in [6.45, 7) is 7.17. The minimum Gasteiger partial charge on any atom is -0.444 e. The SMILES string of the molecule is CN=C(NCCCNC(=O)OC(C)(C)C)NCc1coc(-c2ccccc2)n1.I. The minimum atomic E-state index is -0.490. The van der Waals surface area contributed by atoms with Gasteiger partial charge in [-0.3, -0.25) is 4.99 Å². The number of alkyl carbamates (subject to hydrolysis) is 1. The van der Waals surface area contributed by atoms with Gasteiger partial charge in [0.25, 0.3) is 0 Å². The normalized spacial score (nSPS) is 11.4. The van der Waals surface area contributed by atoms with Gasteiger partial charge in [0.2, 0.25) is 5.89 Å². The average Bonchev–Trinajstić information content (AvgIpc) is 3.12. The van der Waals surface area contributed by atoms with Gasteiger partial charge >= 0.3 is 6.09 Å². The molecule has 0 aliphatic rings. The highest BCUT2D eigenvalue weighted by atomic mass is 127. The van der Waals surface area contributed by atoms with Crippen LogP contribution in [0.1, 0.15) is 32.9 Å². The second-order valence-corrected chi connectivity index (χ2v) is 7.14. The van der Waals surface area contributed by atoms with E-state index in [9.17, 15) is 4.79 Å². The quantitative estimate of drug-likeness (QED) is 0.226. The molecule has 0 atom stereocenters. The Labute approximate surface area is 188 Å². The molecule has 0 unspecified atom stereocenters. The van der Waals surface area contributed by atoms with Crippen LogP contribution < -0.4 is 16.0 Å². The van der Waals surface area contributed by atoms with Crippen LogP contribution in [0.5, 0.6) is 0 Å². The number of aromatic nitrogens is 1. The Hall–Kier alpha value is -2.30. The van der Waals surface area contributed by atoms with Crippen LogP contribution in [0.2, 0.25) is 0 Å². The number of halogens is 1. The number of ether oxygens (including phenoxy) is 1. The third kappa shape index (κ3) is 9.64. The van der Waals surface area contributed by atoms with Crippen LogP contribution in [0.25, 0.3) is 11.5 Å². The van der Waals surface area contributed by atoms with E-state index in [1.54, 1.807) is 13.3 Å². The van der Waals surface area contributed by atoms with Crippen molar-refractivity contribution in [1.82, 2.24) is 20.9 Å². The molecule has 0 fully saturated rings. The lowest BCUT2D eigenvalue weighted by molar-refractivity contribution is 0.0527. The number of rotatable bonds is 7. The molecule has 29 heavy (non-hydrogen) atoms. The smallest absolute Gasteiger partial charge is 0.407 e. The summed E-state index contributed by atoms with van der Waals surface area (Å²) in [5, 5.41) is 9.10. The molecule has 2 rings (SSSR count). The molecule has 0 bridgehead atoms. The highest BCUT2D eigenvalue weighted by Crippen LogP contribution is 2.17. The third-order valence-electron chi connectivity index (χ3n) is 3.55. The molecule has 0 radical (unpaired) electrons. The molecule has 0 spiro atoms. The van der Waals surface area contributed by atoms with Gasteiger partial charge in [-0.15, -0.1) is 24.0 Å². The molecule has 1 amide bonds. The van der Waals surface area contributed by atoms with Crippen molar-refractivity contribution < 1.29 is 13.9 Å². The van der Waals surface area contributed by atoms with Crippen LogP contribution in [0.4, 0.5) is 4.79 Å². The number of aliphatic imine (C=N–C) groups is 1.